The van der Waals surface area contributed by atoms with Crippen LogP contribution in [0, 0.1) is 18.8 Å². The van der Waals surface area contributed by atoms with Gasteiger partial charge in [-0.15, -0.1) is 12.4 Å². The van der Waals surface area contributed by atoms with Crippen LogP contribution in [0.5, 0.6) is 0 Å². The van der Waals surface area contributed by atoms with Gasteiger partial charge in [-0.2, -0.15) is 5.10 Å². The first kappa shape index (κ1) is 19.5. The number of piperidine rings is 1. The Balaban J connectivity index is 0.00000225. The van der Waals surface area contributed by atoms with E-state index in [0.717, 1.165) is 43.0 Å². The number of amides is 1. The zero-order chi connectivity index (χ0) is 16.9. The van der Waals surface area contributed by atoms with Gasteiger partial charge in [0.05, 0.1) is 17.1 Å². The molecule has 1 aromatic heterocycles. The van der Waals surface area contributed by atoms with Gasteiger partial charge in [-0.25, -0.2) is 4.68 Å². The smallest absolute Gasteiger partial charge is 0.224 e. The van der Waals surface area contributed by atoms with E-state index in [2.05, 4.69) is 22.7 Å². The molecule has 25 heavy (non-hydrogen) atoms. The van der Waals surface area contributed by atoms with E-state index in [4.69, 9.17) is 0 Å². The highest BCUT2D eigenvalue weighted by Gasteiger charge is 2.22. The van der Waals surface area contributed by atoms with Crippen molar-refractivity contribution in [3.8, 4) is 5.69 Å². The second-order valence-electron chi connectivity index (χ2n) is 6.74. The number of hydrogen-bond acceptors (Lipinski definition) is 3. The van der Waals surface area contributed by atoms with Crippen LogP contribution in [0.1, 0.15) is 31.9 Å². The maximum absolute atomic E-state index is 12.5. The third-order valence-corrected chi connectivity index (χ3v) is 4.84. The van der Waals surface area contributed by atoms with Gasteiger partial charge in [0, 0.05) is 12.6 Å². The fourth-order valence-corrected chi connectivity index (χ4v) is 3.40. The molecule has 1 atom stereocenters. The Morgan fingerprint density at radius 3 is 2.72 bits per heavy atom. The van der Waals surface area contributed by atoms with Crippen LogP contribution in [-0.4, -0.2) is 28.8 Å². The lowest BCUT2D eigenvalue weighted by molar-refractivity contribution is -0.117. The first-order valence-corrected chi connectivity index (χ1v) is 8.75. The molecule has 0 aliphatic carbocycles. The number of anilines is 1. The van der Waals surface area contributed by atoms with Gasteiger partial charge >= 0.3 is 0 Å². The summed E-state index contributed by atoms with van der Waals surface area (Å²) in [6, 6.07) is 9.75. The van der Waals surface area contributed by atoms with E-state index in [1.807, 2.05) is 43.5 Å². The maximum atomic E-state index is 12.5. The number of rotatable bonds is 5. The molecule has 1 aliphatic rings. The van der Waals surface area contributed by atoms with Crippen molar-refractivity contribution in [3.05, 3.63) is 42.2 Å². The molecule has 0 radical (unpaired) electrons. The largest absolute Gasteiger partial charge is 0.324 e. The Labute approximate surface area is 155 Å². The zero-order valence-corrected chi connectivity index (χ0v) is 15.7. The summed E-state index contributed by atoms with van der Waals surface area (Å²) in [5.74, 6) is 1.13. The number of benzene rings is 1. The quantitative estimate of drug-likeness (QED) is 0.854. The number of halogens is 1. The third kappa shape index (κ3) is 5.06. The van der Waals surface area contributed by atoms with E-state index >= 15 is 0 Å². The predicted octanol–water partition coefficient (Wildman–Crippen LogP) is 3.57. The Kier molecular flexibility index (Phi) is 7.02. The van der Waals surface area contributed by atoms with Crippen molar-refractivity contribution >= 4 is 24.0 Å². The summed E-state index contributed by atoms with van der Waals surface area (Å²) in [7, 11) is 0. The van der Waals surface area contributed by atoms with Crippen LogP contribution >= 0.6 is 12.4 Å². The van der Waals surface area contributed by atoms with Gasteiger partial charge in [-0.3, -0.25) is 4.79 Å². The normalized spacial score (nSPS) is 16.1. The number of carbonyl (C=O) groups is 1. The fourth-order valence-electron chi connectivity index (χ4n) is 3.40. The maximum Gasteiger partial charge on any atom is 0.224 e. The number of aryl methyl sites for hydroxylation is 1. The van der Waals surface area contributed by atoms with Crippen molar-refractivity contribution in [2.75, 3.05) is 18.4 Å². The molecule has 2 heterocycles. The van der Waals surface area contributed by atoms with E-state index in [9.17, 15) is 4.79 Å². The summed E-state index contributed by atoms with van der Waals surface area (Å²) in [6.07, 6.45) is 4.81. The molecule has 5 nitrogen and oxygen atoms in total. The summed E-state index contributed by atoms with van der Waals surface area (Å²) in [5.41, 5.74) is 2.66. The molecular formula is C19H27ClN4O. The minimum absolute atomic E-state index is 0. The van der Waals surface area contributed by atoms with Crippen LogP contribution in [0.3, 0.4) is 0 Å². The van der Waals surface area contributed by atoms with E-state index < -0.39 is 0 Å². The lowest BCUT2D eigenvalue weighted by Crippen LogP contribution is -2.32. The van der Waals surface area contributed by atoms with Crippen molar-refractivity contribution in [2.24, 2.45) is 11.8 Å². The number of para-hydroxylation sites is 2. The van der Waals surface area contributed by atoms with Crippen LogP contribution in [0.4, 0.5) is 5.69 Å². The second kappa shape index (κ2) is 9.02. The van der Waals surface area contributed by atoms with Crippen LogP contribution in [0.25, 0.3) is 5.69 Å². The molecule has 0 spiro atoms. The van der Waals surface area contributed by atoms with E-state index in [1.165, 1.54) is 0 Å². The SMILES string of the molecule is Cc1ccn(-c2ccccc2NC(=O)CC(C)C2CCNCC2)n1.Cl. The molecule has 0 saturated carbocycles. The monoisotopic (exact) mass is 362 g/mol. The van der Waals surface area contributed by atoms with E-state index in [-0.39, 0.29) is 18.3 Å². The molecule has 3 rings (SSSR count). The Morgan fingerprint density at radius 1 is 1.32 bits per heavy atom. The van der Waals surface area contributed by atoms with E-state index in [0.29, 0.717) is 18.3 Å². The average Bonchev–Trinajstić information content (AvgIpc) is 3.02. The van der Waals surface area contributed by atoms with Gasteiger partial charge in [-0.05, 0) is 62.9 Å². The summed E-state index contributed by atoms with van der Waals surface area (Å²) in [5, 5.41) is 10.9. The molecule has 6 heteroatoms. The van der Waals surface area contributed by atoms with Crippen LogP contribution in [-0.2, 0) is 4.79 Å². The van der Waals surface area contributed by atoms with Gasteiger partial charge in [-0.1, -0.05) is 19.1 Å². The zero-order valence-electron chi connectivity index (χ0n) is 14.9. The molecule has 2 aromatic rings. The topological polar surface area (TPSA) is 59.0 Å². The number of nitrogens with zero attached hydrogens (tertiary/aromatic N) is 2. The molecule has 0 bridgehead atoms. The molecule has 1 aliphatic heterocycles. The van der Waals surface area contributed by atoms with Crippen LogP contribution in [0.15, 0.2) is 36.5 Å². The lowest BCUT2D eigenvalue weighted by Gasteiger charge is -2.28. The lowest BCUT2D eigenvalue weighted by atomic mass is 9.84. The van der Waals surface area contributed by atoms with Gasteiger partial charge in [0.25, 0.3) is 0 Å². The first-order valence-electron chi connectivity index (χ1n) is 8.75. The number of carbonyl (C=O) groups excluding carboxylic acids is 1. The number of aromatic nitrogens is 2. The Bertz CT molecular complexity index is 694. The van der Waals surface area contributed by atoms with Crippen LogP contribution in [0.2, 0.25) is 0 Å². The summed E-state index contributed by atoms with van der Waals surface area (Å²) < 4.78 is 1.81. The second-order valence-corrected chi connectivity index (χ2v) is 6.74. The van der Waals surface area contributed by atoms with Gasteiger partial charge in [0.15, 0.2) is 0 Å². The highest BCUT2D eigenvalue weighted by Crippen LogP contribution is 2.25. The van der Waals surface area contributed by atoms with Crippen LogP contribution < -0.4 is 10.6 Å². The standard InChI is InChI=1S/C19H26N4O.ClH/c1-14(16-7-10-20-11-8-16)13-19(24)21-17-5-3-4-6-18(17)23-12-9-15(2)22-23;/h3-6,9,12,14,16,20H,7-8,10-11,13H2,1-2H3,(H,21,24);1H. The molecule has 1 aromatic carbocycles. The molecule has 1 fully saturated rings. The van der Waals surface area contributed by atoms with Crippen molar-refractivity contribution in [1.29, 1.82) is 0 Å². The molecule has 1 amide bonds. The molecular weight excluding hydrogens is 336 g/mol. The van der Waals surface area contributed by atoms with Gasteiger partial charge in [0.2, 0.25) is 5.91 Å². The van der Waals surface area contributed by atoms with Crippen molar-refractivity contribution in [2.45, 2.75) is 33.1 Å². The van der Waals surface area contributed by atoms with Crippen molar-refractivity contribution < 1.29 is 4.79 Å². The molecule has 136 valence electrons. The van der Waals surface area contributed by atoms with Gasteiger partial charge < -0.3 is 10.6 Å². The number of hydrogen-bond donors (Lipinski definition) is 2. The highest BCUT2D eigenvalue weighted by molar-refractivity contribution is 5.92. The van der Waals surface area contributed by atoms with E-state index in [1.54, 1.807) is 4.68 Å². The minimum Gasteiger partial charge on any atom is -0.324 e. The minimum atomic E-state index is 0. The molecule has 1 unspecified atom stereocenters. The molecule has 2 N–H and O–H groups in total. The Morgan fingerprint density at radius 2 is 2.04 bits per heavy atom. The summed E-state index contributed by atoms with van der Waals surface area (Å²) in [6.45, 7) is 6.28. The summed E-state index contributed by atoms with van der Waals surface area (Å²) in [4.78, 5) is 12.5. The highest BCUT2D eigenvalue weighted by atomic mass is 35.5. The first-order chi connectivity index (χ1) is 11.6. The number of nitrogens with one attached hydrogen (secondary N) is 2. The third-order valence-electron chi connectivity index (χ3n) is 4.84. The molecule has 1 saturated heterocycles. The van der Waals surface area contributed by atoms with Crippen molar-refractivity contribution in [1.82, 2.24) is 15.1 Å². The Hall–Kier alpha value is -1.85. The van der Waals surface area contributed by atoms with Crippen molar-refractivity contribution in [3.63, 3.8) is 0 Å². The van der Waals surface area contributed by atoms with Gasteiger partial charge in [0.1, 0.15) is 0 Å². The average molecular weight is 363 g/mol. The fraction of sp³-hybridized carbons (Fsp3) is 0.474. The summed E-state index contributed by atoms with van der Waals surface area (Å²) >= 11 is 0. The predicted molar refractivity (Wildman–Crippen MR) is 104 cm³/mol.